The summed E-state index contributed by atoms with van der Waals surface area (Å²) in [6.07, 6.45) is 1.76. The minimum atomic E-state index is -0.676. The number of hydrogen-bond acceptors (Lipinski definition) is 3. The summed E-state index contributed by atoms with van der Waals surface area (Å²) in [5.41, 5.74) is 7.46. The third-order valence-corrected chi connectivity index (χ3v) is 5.34. The van der Waals surface area contributed by atoms with Gasteiger partial charge in [0, 0.05) is 31.2 Å². The number of primary amides is 1. The monoisotopic (exact) mass is 337 g/mol. The maximum atomic E-state index is 12.3. The lowest BCUT2D eigenvalue weighted by Crippen LogP contribution is -2.62. The number of nitrogens with one attached hydrogen (secondary N) is 1. The van der Waals surface area contributed by atoms with Crippen molar-refractivity contribution in [2.45, 2.75) is 25.3 Å². The molecule has 2 aromatic carbocycles. The van der Waals surface area contributed by atoms with Gasteiger partial charge in [0.05, 0.1) is 0 Å². The number of carbonyl (C=O) groups is 1. The lowest BCUT2D eigenvalue weighted by molar-refractivity contribution is -0.125. The number of carbonyl (C=O) groups excluding carboxylic acids is 1. The molecule has 1 saturated heterocycles. The molecule has 0 unspecified atom stereocenters. The number of hydrogen-bond donors (Lipinski definition) is 2. The number of piperidine rings is 1. The SMILES string of the molecule is C[C@@H]1CN(CCc2ccccc2)CC[C@@]1(Nc1ccccc1)C(N)=O. The van der Waals surface area contributed by atoms with Crippen molar-refractivity contribution >= 4 is 11.6 Å². The Kier molecular flexibility index (Phi) is 5.39. The molecule has 0 spiro atoms. The predicted molar refractivity (Wildman–Crippen MR) is 102 cm³/mol. The number of likely N-dealkylation sites (tertiary alicyclic amines) is 1. The fourth-order valence-electron chi connectivity index (χ4n) is 3.74. The molecule has 0 aliphatic carbocycles. The highest BCUT2D eigenvalue weighted by molar-refractivity contribution is 5.88. The molecule has 1 aliphatic heterocycles. The molecule has 0 radical (unpaired) electrons. The van der Waals surface area contributed by atoms with Crippen LogP contribution in [0.3, 0.4) is 0 Å². The Labute approximate surface area is 150 Å². The predicted octanol–water partition coefficient (Wildman–Crippen LogP) is 2.91. The number of benzene rings is 2. The molecule has 4 nitrogen and oxygen atoms in total. The van der Waals surface area contributed by atoms with Crippen molar-refractivity contribution in [1.29, 1.82) is 0 Å². The number of para-hydroxylation sites is 1. The van der Waals surface area contributed by atoms with Gasteiger partial charge in [0.15, 0.2) is 0 Å². The van der Waals surface area contributed by atoms with Crippen LogP contribution in [0.25, 0.3) is 0 Å². The van der Waals surface area contributed by atoms with Gasteiger partial charge in [-0.15, -0.1) is 0 Å². The number of nitrogens with two attached hydrogens (primary N) is 1. The molecule has 3 N–H and O–H groups in total. The van der Waals surface area contributed by atoms with Gasteiger partial charge in [-0.25, -0.2) is 0 Å². The van der Waals surface area contributed by atoms with E-state index in [1.165, 1.54) is 5.56 Å². The van der Waals surface area contributed by atoms with Crippen molar-refractivity contribution in [1.82, 2.24) is 4.90 Å². The van der Waals surface area contributed by atoms with Crippen LogP contribution < -0.4 is 11.1 Å². The van der Waals surface area contributed by atoms with E-state index in [-0.39, 0.29) is 11.8 Å². The quantitative estimate of drug-likeness (QED) is 0.852. The summed E-state index contributed by atoms with van der Waals surface area (Å²) in [5.74, 6) is -0.110. The van der Waals surface area contributed by atoms with Crippen LogP contribution in [0.2, 0.25) is 0 Å². The molecule has 1 fully saturated rings. The first-order valence-electron chi connectivity index (χ1n) is 8.99. The van der Waals surface area contributed by atoms with Crippen LogP contribution in [-0.4, -0.2) is 36.0 Å². The highest BCUT2D eigenvalue weighted by Crippen LogP contribution is 2.31. The van der Waals surface area contributed by atoms with Gasteiger partial charge < -0.3 is 16.0 Å². The first-order chi connectivity index (χ1) is 12.1. The average Bonchev–Trinajstić information content (AvgIpc) is 2.63. The molecule has 1 amide bonds. The third kappa shape index (κ3) is 4.02. The molecular formula is C21H27N3O. The van der Waals surface area contributed by atoms with Gasteiger partial charge in [0.2, 0.25) is 5.91 Å². The van der Waals surface area contributed by atoms with Gasteiger partial charge in [-0.2, -0.15) is 0 Å². The maximum absolute atomic E-state index is 12.3. The van der Waals surface area contributed by atoms with Crippen molar-refractivity contribution in [3.8, 4) is 0 Å². The van der Waals surface area contributed by atoms with Crippen LogP contribution in [0.15, 0.2) is 60.7 Å². The largest absolute Gasteiger partial charge is 0.371 e. The van der Waals surface area contributed by atoms with Crippen LogP contribution in [0.1, 0.15) is 18.9 Å². The second-order valence-electron chi connectivity index (χ2n) is 7.01. The number of nitrogens with zero attached hydrogens (tertiary/aromatic N) is 1. The normalized spacial score (nSPS) is 24.0. The topological polar surface area (TPSA) is 58.4 Å². The molecule has 0 aromatic heterocycles. The second kappa shape index (κ2) is 7.70. The Balaban J connectivity index is 1.65. The van der Waals surface area contributed by atoms with Crippen molar-refractivity contribution in [3.05, 3.63) is 66.2 Å². The molecule has 3 rings (SSSR count). The molecule has 132 valence electrons. The van der Waals surface area contributed by atoms with Gasteiger partial charge in [0.1, 0.15) is 5.54 Å². The summed E-state index contributed by atoms with van der Waals surface area (Å²) in [6.45, 7) is 4.87. The van der Waals surface area contributed by atoms with E-state index in [0.717, 1.165) is 38.2 Å². The van der Waals surface area contributed by atoms with Gasteiger partial charge in [-0.3, -0.25) is 4.79 Å². The molecule has 0 bridgehead atoms. The van der Waals surface area contributed by atoms with Crippen molar-refractivity contribution < 1.29 is 4.79 Å². The summed E-state index contributed by atoms with van der Waals surface area (Å²) in [4.78, 5) is 14.8. The van der Waals surface area contributed by atoms with Gasteiger partial charge in [-0.05, 0) is 30.5 Å². The zero-order valence-electron chi connectivity index (χ0n) is 14.8. The molecule has 0 saturated carbocycles. The van der Waals surface area contributed by atoms with E-state index in [4.69, 9.17) is 5.73 Å². The Bertz CT molecular complexity index is 689. The van der Waals surface area contributed by atoms with Gasteiger partial charge >= 0.3 is 0 Å². The summed E-state index contributed by atoms with van der Waals surface area (Å²) >= 11 is 0. The fourth-order valence-corrected chi connectivity index (χ4v) is 3.74. The summed E-state index contributed by atoms with van der Waals surface area (Å²) < 4.78 is 0. The van der Waals surface area contributed by atoms with E-state index >= 15 is 0 Å². The summed E-state index contributed by atoms with van der Waals surface area (Å²) in [5, 5.41) is 3.44. The summed E-state index contributed by atoms with van der Waals surface area (Å²) in [6, 6.07) is 20.4. The van der Waals surface area contributed by atoms with Crippen molar-refractivity contribution in [2.24, 2.45) is 11.7 Å². The van der Waals surface area contributed by atoms with E-state index in [0.29, 0.717) is 0 Å². The van der Waals surface area contributed by atoms with E-state index in [2.05, 4.69) is 41.4 Å². The van der Waals surface area contributed by atoms with Crippen molar-refractivity contribution in [2.75, 3.05) is 25.0 Å². The molecule has 4 heteroatoms. The zero-order valence-corrected chi connectivity index (χ0v) is 14.8. The third-order valence-electron chi connectivity index (χ3n) is 5.34. The van der Waals surface area contributed by atoms with E-state index in [1.54, 1.807) is 0 Å². The van der Waals surface area contributed by atoms with E-state index in [1.807, 2.05) is 36.4 Å². The van der Waals surface area contributed by atoms with Crippen LogP contribution >= 0.6 is 0 Å². The Morgan fingerprint density at radius 1 is 1.16 bits per heavy atom. The maximum Gasteiger partial charge on any atom is 0.243 e. The number of rotatable bonds is 6. The molecule has 2 aromatic rings. The molecule has 2 atom stereocenters. The minimum absolute atomic E-state index is 0.148. The van der Waals surface area contributed by atoms with Crippen LogP contribution in [0, 0.1) is 5.92 Å². The standard InChI is InChI=1S/C21H27N3O/c1-17-16-24(14-12-18-8-4-2-5-9-18)15-13-21(17,20(22)25)23-19-10-6-3-7-11-19/h2-11,17,23H,12-16H2,1H3,(H2,22,25)/t17-,21+/m1/s1. The van der Waals surface area contributed by atoms with Crippen LogP contribution in [-0.2, 0) is 11.2 Å². The Hall–Kier alpha value is -2.33. The number of anilines is 1. The smallest absolute Gasteiger partial charge is 0.243 e. The molecular weight excluding hydrogens is 310 g/mol. The highest BCUT2D eigenvalue weighted by atomic mass is 16.1. The van der Waals surface area contributed by atoms with Crippen molar-refractivity contribution in [3.63, 3.8) is 0 Å². The van der Waals surface area contributed by atoms with E-state index < -0.39 is 5.54 Å². The Morgan fingerprint density at radius 2 is 1.80 bits per heavy atom. The second-order valence-corrected chi connectivity index (χ2v) is 7.01. The van der Waals surface area contributed by atoms with Crippen LogP contribution in [0.5, 0.6) is 0 Å². The van der Waals surface area contributed by atoms with Gasteiger partial charge in [0.25, 0.3) is 0 Å². The Morgan fingerprint density at radius 3 is 2.40 bits per heavy atom. The number of amides is 1. The van der Waals surface area contributed by atoms with Gasteiger partial charge in [-0.1, -0.05) is 55.5 Å². The first-order valence-corrected chi connectivity index (χ1v) is 8.99. The lowest BCUT2D eigenvalue weighted by atomic mass is 9.77. The first kappa shape index (κ1) is 17.5. The molecule has 1 heterocycles. The minimum Gasteiger partial charge on any atom is -0.371 e. The molecule has 1 aliphatic rings. The average molecular weight is 337 g/mol. The lowest BCUT2D eigenvalue weighted by Gasteiger charge is -2.45. The fraction of sp³-hybridized carbons (Fsp3) is 0.381. The summed E-state index contributed by atoms with van der Waals surface area (Å²) in [7, 11) is 0. The van der Waals surface area contributed by atoms with Crippen LogP contribution in [0.4, 0.5) is 5.69 Å². The highest BCUT2D eigenvalue weighted by Gasteiger charge is 2.45. The van der Waals surface area contributed by atoms with E-state index in [9.17, 15) is 4.79 Å². The molecule has 25 heavy (non-hydrogen) atoms. The zero-order chi connectivity index (χ0) is 17.7.